The van der Waals surface area contributed by atoms with E-state index in [1.807, 2.05) is 45.0 Å². The summed E-state index contributed by atoms with van der Waals surface area (Å²) in [6.07, 6.45) is 0. The predicted octanol–water partition coefficient (Wildman–Crippen LogP) is 5.38. The van der Waals surface area contributed by atoms with E-state index in [9.17, 15) is 4.79 Å². The number of thioether (sulfide) groups is 1. The van der Waals surface area contributed by atoms with Crippen LogP contribution in [0.15, 0.2) is 29.3 Å². The van der Waals surface area contributed by atoms with Crippen LogP contribution in [0.1, 0.15) is 40.5 Å². The summed E-state index contributed by atoms with van der Waals surface area (Å²) >= 11 is 3.19. The van der Waals surface area contributed by atoms with Gasteiger partial charge in [-0.05, 0) is 64.4 Å². The standard InChI is InChI=1S/C20H22N2O2S2/c1-6-24-16-9-7-15(8-10-16)18(23)13(4)26-20-17-11(2)12(3)25-19(17)21-14(5)22-20/h7-10,13H,6H2,1-5H3/t13-/m1/s1. The molecule has 0 unspecified atom stereocenters. The van der Waals surface area contributed by atoms with Gasteiger partial charge in [-0.15, -0.1) is 11.3 Å². The quantitative estimate of drug-likeness (QED) is 0.323. The van der Waals surface area contributed by atoms with E-state index in [0.29, 0.717) is 12.2 Å². The fourth-order valence-corrected chi connectivity index (χ4v) is 5.01. The molecule has 2 heterocycles. The molecule has 0 aliphatic rings. The summed E-state index contributed by atoms with van der Waals surface area (Å²) in [7, 11) is 0. The molecule has 0 spiro atoms. The molecule has 0 fully saturated rings. The Morgan fingerprint density at radius 3 is 2.54 bits per heavy atom. The summed E-state index contributed by atoms with van der Waals surface area (Å²) in [5.74, 6) is 1.61. The molecular formula is C20H22N2O2S2. The van der Waals surface area contributed by atoms with Gasteiger partial charge in [-0.1, -0.05) is 11.8 Å². The molecule has 1 aromatic carbocycles. The van der Waals surface area contributed by atoms with Crippen LogP contribution >= 0.6 is 23.1 Å². The zero-order valence-electron chi connectivity index (χ0n) is 15.6. The van der Waals surface area contributed by atoms with E-state index >= 15 is 0 Å². The highest BCUT2D eigenvalue weighted by Crippen LogP contribution is 2.37. The number of benzene rings is 1. The fraction of sp³-hybridized carbons (Fsp3) is 0.350. The van der Waals surface area contributed by atoms with Crippen molar-refractivity contribution >= 4 is 39.1 Å². The van der Waals surface area contributed by atoms with E-state index in [1.165, 1.54) is 22.2 Å². The molecular weight excluding hydrogens is 364 g/mol. The Kier molecular flexibility index (Phi) is 5.63. The van der Waals surface area contributed by atoms with Crippen molar-refractivity contribution in [2.24, 2.45) is 0 Å². The molecule has 0 amide bonds. The molecule has 0 N–H and O–H groups in total. The lowest BCUT2D eigenvalue weighted by Crippen LogP contribution is -2.14. The normalized spacial score (nSPS) is 12.3. The smallest absolute Gasteiger partial charge is 0.175 e. The maximum atomic E-state index is 12.8. The zero-order chi connectivity index (χ0) is 18.8. The molecule has 3 rings (SSSR count). The molecule has 2 aromatic heterocycles. The average Bonchev–Trinajstić information content (AvgIpc) is 2.89. The molecule has 1 atom stereocenters. The van der Waals surface area contributed by atoms with E-state index in [0.717, 1.165) is 26.8 Å². The number of thiophene rings is 1. The predicted molar refractivity (Wildman–Crippen MR) is 109 cm³/mol. The molecule has 0 radical (unpaired) electrons. The summed E-state index contributed by atoms with van der Waals surface area (Å²) in [6, 6.07) is 7.33. The molecule has 136 valence electrons. The number of ether oxygens (including phenoxy) is 1. The Morgan fingerprint density at radius 1 is 1.19 bits per heavy atom. The van der Waals surface area contributed by atoms with E-state index in [-0.39, 0.29) is 11.0 Å². The number of rotatable bonds is 6. The van der Waals surface area contributed by atoms with Gasteiger partial charge >= 0.3 is 0 Å². The van der Waals surface area contributed by atoms with Crippen LogP contribution in [0.5, 0.6) is 5.75 Å². The van der Waals surface area contributed by atoms with Crippen LogP contribution in [0.2, 0.25) is 0 Å². The zero-order valence-corrected chi connectivity index (χ0v) is 17.3. The second kappa shape index (κ2) is 7.76. The van der Waals surface area contributed by atoms with E-state index in [2.05, 4.69) is 23.8 Å². The highest BCUT2D eigenvalue weighted by molar-refractivity contribution is 8.00. The van der Waals surface area contributed by atoms with Gasteiger partial charge in [0.1, 0.15) is 21.4 Å². The summed E-state index contributed by atoms with van der Waals surface area (Å²) in [5, 5.41) is 1.74. The van der Waals surface area contributed by atoms with Gasteiger partial charge in [0.05, 0.1) is 11.9 Å². The number of Topliss-reactive ketones (excluding diaryl/α,β-unsaturated/α-hetero) is 1. The summed E-state index contributed by atoms with van der Waals surface area (Å²) in [4.78, 5) is 24.2. The van der Waals surface area contributed by atoms with Gasteiger partial charge in [0.25, 0.3) is 0 Å². The number of carbonyl (C=O) groups is 1. The average molecular weight is 387 g/mol. The van der Waals surface area contributed by atoms with Crippen LogP contribution in [-0.2, 0) is 0 Å². The van der Waals surface area contributed by atoms with Crippen molar-refractivity contribution in [3.63, 3.8) is 0 Å². The first-order valence-corrected chi connectivity index (χ1v) is 10.3. The highest BCUT2D eigenvalue weighted by Gasteiger charge is 2.21. The Hall–Kier alpha value is -1.92. The Bertz CT molecular complexity index is 949. The lowest BCUT2D eigenvalue weighted by molar-refractivity contribution is 0.0994. The number of ketones is 1. The van der Waals surface area contributed by atoms with Crippen molar-refractivity contribution in [3.05, 3.63) is 46.1 Å². The molecule has 0 saturated heterocycles. The SMILES string of the molecule is CCOc1ccc(C(=O)[C@@H](C)Sc2nc(C)nc3sc(C)c(C)c23)cc1. The van der Waals surface area contributed by atoms with Gasteiger partial charge in [-0.3, -0.25) is 4.79 Å². The third-order valence-electron chi connectivity index (χ3n) is 4.21. The molecule has 0 saturated carbocycles. The van der Waals surface area contributed by atoms with Crippen molar-refractivity contribution in [1.82, 2.24) is 9.97 Å². The molecule has 0 bridgehead atoms. The van der Waals surface area contributed by atoms with Crippen molar-refractivity contribution in [3.8, 4) is 5.75 Å². The minimum atomic E-state index is -0.231. The Balaban J connectivity index is 1.86. The van der Waals surface area contributed by atoms with Crippen LogP contribution in [-0.4, -0.2) is 27.6 Å². The number of hydrogen-bond donors (Lipinski definition) is 0. The number of carbonyl (C=O) groups excluding carboxylic acids is 1. The molecule has 6 heteroatoms. The van der Waals surface area contributed by atoms with Crippen LogP contribution in [0, 0.1) is 20.8 Å². The second-order valence-corrected chi connectivity index (χ2v) is 8.65. The van der Waals surface area contributed by atoms with Gasteiger partial charge < -0.3 is 4.74 Å². The Labute approximate surface area is 162 Å². The van der Waals surface area contributed by atoms with Crippen molar-refractivity contribution < 1.29 is 9.53 Å². The maximum Gasteiger partial charge on any atom is 0.175 e. The van der Waals surface area contributed by atoms with Gasteiger partial charge in [0.2, 0.25) is 0 Å². The molecule has 3 aromatic rings. The van der Waals surface area contributed by atoms with Crippen molar-refractivity contribution in [2.45, 2.75) is 44.9 Å². The minimum absolute atomic E-state index is 0.0899. The minimum Gasteiger partial charge on any atom is -0.494 e. The van der Waals surface area contributed by atoms with Crippen LogP contribution < -0.4 is 4.74 Å². The number of aryl methyl sites for hydroxylation is 3. The number of fused-ring (bicyclic) bond motifs is 1. The van der Waals surface area contributed by atoms with E-state index in [4.69, 9.17) is 4.74 Å². The number of aromatic nitrogens is 2. The lowest BCUT2D eigenvalue weighted by Gasteiger charge is -2.12. The number of nitrogens with zero attached hydrogens (tertiary/aromatic N) is 2. The largest absolute Gasteiger partial charge is 0.494 e. The topological polar surface area (TPSA) is 52.1 Å². The molecule has 4 nitrogen and oxygen atoms in total. The first-order valence-electron chi connectivity index (χ1n) is 8.58. The van der Waals surface area contributed by atoms with Crippen LogP contribution in [0.3, 0.4) is 0 Å². The van der Waals surface area contributed by atoms with Gasteiger partial charge in [-0.25, -0.2) is 9.97 Å². The summed E-state index contributed by atoms with van der Waals surface area (Å²) in [6.45, 7) is 10.6. The monoisotopic (exact) mass is 386 g/mol. The van der Waals surface area contributed by atoms with E-state index < -0.39 is 0 Å². The summed E-state index contributed by atoms with van der Waals surface area (Å²) < 4.78 is 5.44. The maximum absolute atomic E-state index is 12.8. The third-order valence-corrected chi connectivity index (χ3v) is 6.40. The second-order valence-electron chi connectivity index (χ2n) is 6.12. The van der Waals surface area contributed by atoms with Gasteiger partial charge in [-0.2, -0.15) is 0 Å². The van der Waals surface area contributed by atoms with Gasteiger partial charge in [0, 0.05) is 15.8 Å². The first-order chi connectivity index (χ1) is 12.4. The third kappa shape index (κ3) is 3.76. The molecule has 0 aliphatic carbocycles. The summed E-state index contributed by atoms with van der Waals surface area (Å²) in [5.41, 5.74) is 1.89. The Morgan fingerprint density at radius 2 is 1.88 bits per heavy atom. The number of hydrogen-bond acceptors (Lipinski definition) is 6. The first kappa shape index (κ1) is 18.9. The van der Waals surface area contributed by atoms with Gasteiger partial charge in [0.15, 0.2) is 5.78 Å². The van der Waals surface area contributed by atoms with Crippen molar-refractivity contribution in [1.29, 1.82) is 0 Å². The van der Waals surface area contributed by atoms with Crippen LogP contribution in [0.25, 0.3) is 10.2 Å². The molecule has 26 heavy (non-hydrogen) atoms. The molecule has 0 aliphatic heterocycles. The highest BCUT2D eigenvalue weighted by atomic mass is 32.2. The fourth-order valence-electron chi connectivity index (χ4n) is 2.74. The van der Waals surface area contributed by atoms with Crippen molar-refractivity contribution in [2.75, 3.05) is 6.61 Å². The van der Waals surface area contributed by atoms with E-state index in [1.54, 1.807) is 11.3 Å². The lowest BCUT2D eigenvalue weighted by atomic mass is 10.1. The van der Waals surface area contributed by atoms with Crippen LogP contribution in [0.4, 0.5) is 0 Å².